The third-order valence-corrected chi connectivity index (χ3v) is 3.86. The first-order chi connectivity index (χ1) is 7.59. The molecule has 1 aromatic rings. The van der Waals surface area contributed by atoms with Gasteiger partial charge in [-0.05, 0) is 18.4 Å². The van der Waals surface area contributed by atoms with Crippen molar-refractivity contribution in [3.63, 3.8) is 0 Å². The van der Waals surface area contributed by atoms with Gasteiger partial charge in [0.05, 0.1) is 11.5 Å². The Kier molecular flexibility index (Phi) is 2.72. The van der Waals surface area contributed by atoms with Gasteiger partial charge in [-0.25, -0.2) is 0 Å². The summed E-state index contributed by atoms with van der Waals surface area (Å²) in [5.74, 6) is -1.07. The summed E-state index contributed by atoms with van der Waals surface area (Å²) in [5, 5.41) is 19.3. The number of aliphatic hydroxyl groups is 1. The maximum atomic E-state index is 11.6. The topological polar surface area (TPSA) is 57.5 Å². The lowest BCUT2D eigenvalue weighted by Gasteiger charge is -2.30. The maximum absolute atomic E-state index is 11.6. The van der Waals surface area contributed by atoms with Gasteiger partial charge >= 0.3 is 5.97 Å². The number of carbonyl (C=O) groups is 1. The second-order valence-electron chi connectivity index (χ2n) is 4.54. The van der Waals surface area contributed by atoms with Gasteiger partial charge in [0.25, 0.3) is 0 Å². The van der Waals surface area contributed by atoms with E-state index in [1.807, 2.05) is 37.3 Å². The fraction of sp³-hybridized carbons (Fsp3) is 0.462. The number of hydrogen-bond acceptors (Lipinski definition) is 2. The molecule has 2 rings (SSSR count). The van der Waals surface area contributed by atoms with Crippen LogP contribution in [0.3, 0.4) is 0 Å². The summed E-state index contributed by atoms with van der Waals surface area (Å²) in [4.78, 5) is 11.6. The van der Waals surface area contributed by atoms with Gasteiger partial charge < -0.3 is 10.2 Å². The summed E-state index contributed by atoms with van der Waals surface area (Å²) < 4.78 is 0. The van der Waals surface area contributed by atoms with E-state index < -0.39 is 17.5 Å². The molecule has 3 nitrogen and oxygen atoms in total. The smallest absolute Gasteiger partial charge is 0.314 e. The Labute approximate surface area is 94.7 Å². The lowest BCUT2D eigenvalue weighted by atomic mass is 9.72. The minimum absolute atomic E-state index is 0.243. The van der Waals surface area contributed by atoms with E-state index in [0.717, 1.165) is 5.56 Å². The Morgan fingerprint density at radius 3 is 2.44 bits per heavy atom. The molecule has 86 valence electrons. The van der Waals surface area contributed by atoms with E-state index in [4.69, 9.17) is 0 Å². The highest BCUT2D eigenvalue weighted by Crippen LogP contribution is 2.45. The van der Waals surface area contributed by atoms with Crippen molar-refractivity contribution in [2.24, 2.45) is 5.92 Å². The van der Waals surface area contributed by atoms with Crippen LogP contribution in [-0.2, 0) is 10.2 Å². The molecule has 1 saturated carbocycles. The number of aliphatic carboxylic acids is 1. The summed E-state index contributed by atoms with van der Waals surface area (Å²) in [5.41, 5.74) is -0.118. The third kappa shape index (κ3) is 1.43. The molecule has 0 radical (unpaired) electrons. The number of aliphatic hydroxyl groups excluding tert-OH is 1. The highest BCUT2D eigenvalue weighted by molar-refractivity contribution is 5.82. The van der Waals surface area contributed by atoms with Crippen molar-refractivity contribution in [1.82, 2.24) is 0 Å². The van der Waals surface area contributed by atoms with E-state index in [0.29, 0.717) is 12.8 Å². The molecule has 1 aromatic carbocycles. The van der Waals surface area contributed by atoms with E-state index in [9.17, 15) is 15.0 Å². The fourth-order valence-electron chi connectivity index (χ4n) is 2.75. The second-order valence-corrected chi connectivity index (χ2v) is 4.54. The molecular formula is C13H16O3. The zero-order valence-electron chi connectivity index (χ0n) is 9.26. The first kappa shape index (κ1) is 11.1. The van der Waals surface area contributed by atoms with Gasteiger partial charge in [0.2, 0.25) is 0 Å². The van der Waals surface area contributed by atoms with E-state index in [1.54, 1.807) is 0 Å². The maximum Gasteiger partial charge on any atom is 0.314 e. The van der Waals surface area contributed by atoms with Crippen LogP contribution in [0.1, 0.15) is 25.3 Å². The largest absolute Gasteiger partial charge is 0.481 e. The molecule has 0 heterocycles. The Balaban J connectivity index is 2.50. The monoisotopic (exact) mass is 220 g/mol. The quantitative estimate of drug-likeness (QED) is 0.799. The summed E-state index contributed by atoms with van der Waals surface area (Å²) in [6.07, 6.45) is 0.549. The van der Waals surface area contributed by atoms with Gasteiger partial charge in [0, 0.05) is 5.92 Å². The first-order valence-electron chi connectivity index (χ1n) is 5.56. The molecule has 0 saturated heterocycles. The van der Waals surface area contributed by atoms with Crippen LogP contribution in [0.15, 0.2) is 30.3 Å². The van der Waals surface area contributed by atoms with E-state index >= 15 is 0 Å². The molecule has 1 aliphatic rings. The van der Waals surface area contributed by atoms with Crippen LogP contribution in [0.2, 0.25) is 0 Å². The summed E-state index contributed by atoms with van der Waals surface area (Å²) in [7, 11) is 0. The number of benzene rings is 1. The van der Waals surface area contributed by atoms with Crippen molar-refractivity contribution in [3.8, 4) is 0 Å². The predicted octanol–water partition coefficient (Wildman–Crippen LogP) is 1.80. The molecular weight excluding hydrogens is 204 g/mol. The van der Waals surface area contributed by atoms with Crippen LogP contribution in [0.25, 0.3) is 0 Å². The summed E-state index contributed by atoms with van der Waals surface area (Å²) in [6.45, 7) is 1.82. The molecule has 1 aliphatic carbocycles. The number of carboxylic acids is 1. The fourth-order valence-corrected chi connectivity index (χ4v) is 2.75. The minimum Gasteiger partial charge on any atom is -0.481 e. The average molecular weight is 220 g/mol. The molecule has 0 aromatic heterocycles. The lowest BCUT2D eigenvalue weighted by Crippen LogP contribution is -2.40. The summed E-state index contributed by atoms with van der Waals surface area (Å²) in [6, 6.07) is 9.23. The SMILES string of the molecule is CC1C(O)CCC1(C(=O)O)c1ccccc1. The van der Waals surface area contributed by atoms with Crippen LogP contribution < -0.4 is 0 Å². The molecule has 0 bridgehead atoms. The normalized spacial score (nSPS) is 33.9. The van der Waals surface area contributed by atoms with Gasteiger partial charge in [-0.1, -0.05) is 37.3 Å². The van der Waals surface area contributed by atoms with Crippen molar-refractivity contribution in [2.45, 2.75) is 31.3 Å². The van der Waals surface area contributed by atoms with Crippen molar-refractivity contribution in [1.29, 1.82) is 0 Å². The van der Waals surface area contributed by atoms with Gasteiger partial charge in [-0.2, -0.15) is 0 Å². The van der Waals surface area contributed by atoms with Gasteiger partial charge in [0.1, 0.15) is 0 Å². The molecule has 2 N–H and O–H groups in total. The van der Waals surface area contributed by atoms with E-state index in [1.165, 1.54) is 0 Å². The molecule has 16 heavy (non-hydrogen) atoms. The summed E-state index contributed by atoms with van der Waals surface area (Å²) >= 11 is 0. The predicted molar refractivity (Wildman–Crippen MR) is 60.2 cm³/mol. The standard InChI is InChI=1S/C13H16O3/c1-9-11(14)7-8-13(9,12(15)16)10-5-3-2-4-6-10/h2-6,9,11,14H,7-8H2,1H3,(H,15,16). The third-order valence-electron chi connectivity index (χ3n) is 3.86. The number of carboxylic acid groups (broad SMARTS) is 1. The number of hydrogen-bond donors (Lipinski definition) is 2. The van der Waals surface area contributed by atoms with Crippen molar-refractivity contribution in [3.05, 3.63) is 35.9 Å². The molecule has 0 amide bonds. The Morgan fingerprint density at radius 2 is 2.00 bits per heavy atom. The Morgan fingerprint density at radius 1 is 1.38 bits per heavy atom. The zero-order chi connectivity index (χ0) is 11.8. The van der Waals surface area contributed by atoms with Crippen LogP contribution >= 0.6 is 0 Å². The van der Waals surface area contributed by atoms with Gasteiger partial charge in [-0.3, -0.25) is 4.79 Å². The average Bonchev–Trinajstić information content (AvgIpc) is 2.59. The second kappa shape index (κ2) is 3.91. The van der Waals surface area contributed by atoms with Crippen LogP contribution in [0.4, 0.5) is 0 Å². The molecule has 1 fully saturated rings. The highest BCUT2D eigenvalue weighted by atomic mass is 16.4. The van der Waals surface area contributed by atoms with Crippen LogP contribution in [0.5, 0.6) is 0 Å². The van der Waals surface area contributed by atoms with Gasteiger partial charge in [0.15, 0.2) is 0 Å². The van der Waals surface area contributed by atoms with Crippen molar-refractivity contribution >= 4 is 5.97 Å². The Bertz CT molecular complexity index is 387. The zero-order valence-corrected chi connectivity index (χ0v) is 9.26. The van der Waals surface area contributed by atoms with Crippen LogP contribution in [-0.4, -0.2) is 22.3 Å². The highest BCUT2D eigenvalue weighted by Gasteiger charge is 2.52. The molecule has 3 heteroatoms. The minimum atomic E-state index is -0.916. The number of rotatable bonds is 2. The molecule has 0 spiro atoms. The Hall–Kier alpha value is -1.35. The molecule has 0 aliphatic heterocycles. The van der Waals surface area contributed by atoms with Crippen LogP contribution in [0, 0.1) is 5.92 Å². The van der Waals surface area contributed by atoms with E-state index in [-0.39, 0.29) is 5.92 Å². The molecule has 3 atom stereocenters. The van der Waals surface area contributed by atoms with Gasteiger partial charge in [-0.15, -0.1) is 0 Å². The molecule has 3 unspecified atom stereocenters. The lowest BCUT2D eigenvalue weighted by molar-refractivity contribution is -0.146. The van der Waals surface area contributed by atoms with Crippen molar-refractivity contribution < 1.29 is 15.0 Å². The first-order valence-corrected chi connectivity index (χ1v) is 5.56. The van der Waals surface area contributed by atoms with E-state index in [2.05, 4.69) is 0 Å². The van der Waals surface area contributed by atoms with Crippen molar-refractivity contribution in [2.75, 3.05) is 0 Å².